The quantitative estimate of drug-likeness (QED) is 0.729. The fourth-order valence-corrected chi connectivity index (χ4v) is 2.12. The number of rotatable bonds is 4. The molecule has 78 valence electrons. The van der Waals surface area contributed by atoms with E-state index in [1.165, 1.54) is 20.3 Å². The summed E-state index contributed by atoms with van der Waals surface area (Å²) < 4.78 is 34.2. The van der Waals surface area contributed by atoms with Crippen molar-refractivity contribution in [1.29, 1.82) is 0 Å². The van der Waals surface area contributed by atoms with E-state index < -0.39 is 13.4 Å². The van der Waals surface area contributed by atoms with Crippen molar-refractivity contribution >= 4 is 7.60 Å². The monoisotopic (exact) mass is 218 g/mol. The van der Waals surface area contributed by atoms with Crippen LogP contribution in [-0.4, -0.2) is 14.2 Å². The summed E-state index contributed by atoms with van der Waals surface area (Å²) in [6.45, 7) is 0. The van der Waals surface area contributed by atoms with Crippen LogP contribution < -0.4 is 0 Å². The highest BCUT2D eigenvalue weighted by Gasteiger charge is 2.22. The molecule has 0 N–H and O–H groups in total. The lowest BCUT2D eigenvalue weighted by Gasteiger charge is -2.13. The Morgan fingerprint density at radius 1 is 1.29 bits per heavy atom. The molecule has 1 aromatic carbocycles. The summed E-state index contributed by atoms with van der Waals surface area (Å²) in [5.74, 6) is -0.401. The minimum absolute atomic E-state index is 0.0489. The van der Waals surface area contributed by atoms with Gasteiger partial charge >= 0.3 is 7.60 Å². The molecule has 0 bridgehead atoms. The molecule has 1 rings (SSSR count). The smallest absolute Gasteiger partial charge is 0.312 e. The molecule has 0 unspecified atom stereocenters. The molecule has 0 atom stereocenters. The lowest BCUT2D eigenvalue weighted by Crippen LogP contribution is -1.95. The van der Waals surface area contributed by atoms with E-state index >= 15 is 0 Å². The Morgan fingerprint density at radius 2 is 1.86 bits per heavy atom. The van der Waals surface area contributed by atoms with E-state index in [4.69, 9.17) is 9.05 Å². The molecule has 5 heteroatoms. The average Bonchev–Trinajstić information content (AvgIpc) is 2.21. The largest absolute Gasteiger partial charge is 0.334 e. The molecule has 0 aliphatic heterocycles. The summed E-state index contributed by atoms with van der Waals surface area (Å²) in [4.78, 5) is 0. The van der Waals surface area contributed by atoms with Gasteiger partial charge in [0.15, 0.2) is 0 Å². The second-order valence-corrected chi connectivity index (χ2v) is 4.99. The number of hydrogen-bond donors (Lipinski definition) is 0. The molecule has 0 saturated heterocycles. The SMILES string of the molecule is COP(=O)(Cc1ccccc1F)OC. The van der Waals surface area contributed by atoms with Gasteiger partial charge < -0.3 is 9.05 Å². The van der Waals surface area contributed by atoms with Crippen LogP contribution in [0.15, 0.2) is 24.3 Å². The minimum atomic E-state index is -3.17. The summed E-state index contributed by atoms with van der Waals surface area (Å²) >= 11 is 0. The first-order valence-electron chi connectivity index (χ1n) is 4.05. The van der Waals surface area contributed by atoms with E-state index in [1.54, 1.807) is 18.2 Å². The predicted octanol–water partition coefficient (Wildman–Crippen LogP) is 2.81. The van der Waals surface area contributed by atoms with Crippen LogP contribution in [-0.2, 0) is 19.8 Å². The van der Waals surface area contributed by atoms with Crippen molar-refractivity contribution in [2.24, 2.45) is 0 Å². The Bertz CT molecular complexity index is 346. The summed E-state index contributed by atoms with van der Waals surface area (Å²) in [5.41, 5.74) is 0.333. The molecule has 0 spiro atoms. The molecule has 0 fully saturated rings. The van der Waals surface area contributed by atoms with Gasteiger partial charge in [0, 0.05) is 14.2 Å². The van der Waals surface area contributed by atoms with Crippen molar-refractivity contribution in [1.82, 2.24) is 0 Å². The molecule has 0 saturated carbocycles. The van der Waals surface area contributed by atoms with E-state index in [-0.39, 0.29) is 6.16 Å². The van der Waals surface area contributed by atoms with Gasteiger partial charge in [-0.3, -0.25) is 4.57 Å². The zero-order chi connectivity index (χ0) is 10.6. The standard InChI is InChI=1S/C9H12FO3P/c1-12-14(11,13-2)7-8-5-3-4-6-9(8)10/h3-6H,7H2,1-2H3. The summed E-state index contributed by atoms with van der Waals surface area (Å²) in [6.07, 6.45) is -0.0489. The van der Waals surface area contributed by atoms with Gasteiger partial charge in [-0.05, 0) is 11.6 Å². The van der Waals surface area contributed by atoms with Crippen LogP contribution in [0.5, 0.6) is 0 Å². The highest BCUT2D eigenvalue weighted by molar-refractivity contribution is 7.52. The van der Waals surface area contributed by atoms with Crippen LogP contribution in [0.1, 0.15) is 5.56 Å². The molecule has 1 aromatic rings. The number of benzene rings is 1. The zero-order valence-electron chi connectivity index (χ0n) is 8.07. The molecular weight excluding hydrogens is 206 g/mol. The fourth-order valence-electron chi connectivity index (χ4n) is 1.04. The second-order valence-electron chi connectivity index (χ2n) is 2.73. The maximum absolute atomic E-state index is 13.2. The van der Waals surface area contributed by atoms with Crippen LogP contribution in [0.3, 0.4) is 0 Å². The topological polar surface area (TPSA) is 35.5 Å². The molecule has 0 heterocycles. The van der Waals surface area contributed by atoms with Gasteiger partial charge in [0.1, 0.15) is 5.82 Å². The van der Waals surface area contributed by atoms with Crippen molar-refractivity contribution in [2.45, 2.75) is 6.16 Å². The molecule has 0 aliphatic carbocycles. The normalized spacial score (nSPS) is 11.6. The number of hydrogen-bond acceptors (Lipinski definition) is 3. The van der Waals surface area contributed by atoms with Crippen molar-refractivity contribution in [2.75, 3.05) is 14.2 Å². The zero-order valence-corrected chi connectivity index (χ0v) is 8.96. The van der Waals surface area contributed by atoms with Gasteiger partial charge in [0.25, 0.3) is 0 Å². The van der Waals surface area contributed by atoms with Crippen LogP contribution in [0.2, 0.25) is 0 Å². The third kappa shape index (κ3) is 2.64. The highest BCUT2D eigenvalue weighted by Crippen LogP contribution is 2.49. The van der Waals surface area contributed by atoms with Crippen LogP contribution in [0, 0.1) is 5.82 Å². The van der Waals surface area contributed by atoms with Crippen molar-refractivity contribution in [3.05, 3.63) is 35.6 Å². The van der Waals surface area contributed by atoms with E-state index in [1.807, 2.05) is 0 Å². The highest BCUT2D eigenvalue weighted by atomic mass is 31.2. The van der Waals surface area contributed by atoms with Crippen molar-refractivity contribution in [3.8, 4) is 0 Å². The van der Waals surface area contributed by atoms with E-state index in [0.717, 1.165) is 0 Å². The molecule has 14 heavy (non-hydrogen) atoms. The Morgan fingerprint density at radius 3 is 2.36 bits per heavy atom. The van der Waals surface area contributed by atoms with Crippen LogP contribution in [0.4, 0.5) is 4.39 Å². The minimum Gasteiger partial charge on any atom is -0.312 e. The summed E-state index contributed by atoms with van der Waals surface area (Å²) in [5, 5.41) is 0. The van der Waals surface area contributed by atoms with E-state index in [2.05, 4.69) is 0 Å². The first-order valence-corrected chi connectivity index (χ1v) is 5.78. The molecular formula is C9H12FO3P. The van der Waals surface area contributed by atoms with Crippen molar-refractivity contribution in [3.63, 3.8) is 0 Å². The lowest BCUT2D eigenvalue weighted by molar-refractivity contribution is 0.274. The van der Waals surface area contributed by atoms with Gasteiger partial charge in [-0.2, -0.15) is 0 Å². The maximum Gasteiger partial charge on any atom is 0.334 e. The number of halogens is 1. The van der Waals surface area contributed by atoms with Gasteiger partial charge in [-0.25, -0.2) is 4.39 Å². The van der Waals surface area contributed by atoms with Gasteiger partial charge in [0.05, 0.1) is 6.16 Å². The van der Waals surface area contributed by atoms with Crippen molar-refractivity contribution < 1.29 is 18.0 Å². The van der Waals surface area contributed by atoms with Crippen LogP contribution >= 0.6 is 7.60 Å². The first kappa shape index (κ1) is 11.4. The predicted molar refractivity (Wildman–Crippen MR) is 51.7 cm³/mol. The maximum atomic E-state index is 13.2. The summed E-state index contributed by atoms with van der Waals surface area (Å²) in [7, 11) is -0.604. The Labute approximate surface area is 82.4 Å². The molecule has 0 amide bonds. The Balaban J connectivity index is 2.88. The second kappa shape index (κ2) is 4.69. The van der Waals surface area contributed by atoms with Gasteiger partial charge in [-0.1, -0.05) is 18.2 Å². The fraction of sp³-hybridized carbons (Fsp3) is 0.333. The summed E-state index contributed by atoms with van der Waals surface area (Å²) in [6, 6.07) is 6.11. The van der Waals surface area contributed by atoms with Gasteiger partial charge in [-0.15, -0.1) is 0 Å². The van der Waals surface area contributed by atoms with E-state index in [0.29, 0.717) is 5.56 Å². The van der Waals surface area contributed by atoms with E-state index in [9.17, 15) is 8.96 Å². The molecule has 0 radical (unpaired) electrons. The third-order valence-electron chi connectivity index (χ3n) is 1.88. The molecule has 3 nitrogen and oxygen atoms in total. The van der Waals surface area contributed by atoms with Gasteiger partial charge in [0.2, 0.25) is 0 Å². The molecule has 0 aromatic heterocycles. The van der Waals surface area contributed by atoms with Crippen LogP contribution in [0.25, 0.3) is 0 Å². The molecule has 0 aliphatic rings. The third-order valence-corrected chi connectivity index (χ3v) is 3.72. The average molecular weight is 218 g/mol. The first-order chi connectivity index (χ1) is 6.61. The lowest BCUT2D eigenvalue weighted by atomic mass is 10.2. The Hall–Kier alpha value is -0.700. The Kier molecular flexibility index (Phi) is 3.81.